The third kappa shape index (κ3) is 13.5. The maximum atomic E-state index is 12.5. The molecule has 0 radical (unpaired) electrons. The van der Waals surface area contributed by atoms with Gasteiger partial charge in [-0.1, -0.05) is 56.5 Å². The van der Waals surface area contributed by atoms with E-state index in [1.807, 2.05) is 20.2 Å². The molecule has 516 valence electrons. The lowest BCUT2D eigenvalue weighted by Gasteiger charge is -2.48. The number of oxime groups is 1. The molecular formula is C76H122ClN7O8. The highest BCUT2D eigenvalue weighted by Crippen LogP contribution is 2.65. The number of aliphatic carboxylic acids is 1. The molecule has 0 saturated heterocycles. The van der Waals surface area contributed by atoms with E-state index >= 15 is 0 Å². The van der Waals surface area contributed by atoms with Gasteiger partial charge in [0.15, 0.2) is 0 Å². The van der Waals surface area contributed by atoms with Crippen molar-refractivity contribution in [1.29, 1.82) is 0 Å². The van der Waals surface area contributed by atoms with Gasteiger partial charge >= 0.3 is 5.97 Å². The number of carbonyl (C=O) groups excluding carboxylic acids is 5. The second-order valence-corrected chi connectivity index (χ2v) is 33.4. The van der Waals surface area contributed by atoms with Crippen molar-refractivity contribution in [2.75, 3.05) is 62.9 Å². The Balaban J connectivity index is 0.000000134. The number of allylic oxidation sites excluding steroid dienone is 3. The number of fused-ring (bicyclic) bond motifs is 15. The van der Waals surface area contributed by atoms with Gasteiger partial charge in [-0.3, -0.25) is 24.0 Å². The Morgan fingerprint density at radius 3 is 1.36 bits per heavy atom. The number of nitrogens with zero attached hydrogens (tertiary/aromatic N) is 5. The van der Waals surface area contributed by atoms with E-state index in [4.69, 9.17) is 16.6 Å². The molecule has 0 aliphatic heterocycles. The Labute approximate surface area is 559 Å². The number of carbonyl (C=O) groups is 6. The molecule has 15 aliphatic carbocycles. The molecule has 0 aromatic heterocycles. The van der Waals surface area contributed by atoms with Gasteiger partial charge < -0.3 is 41.4 Å². The molecule has 12 saturated carbocycles. The zero-order chi connectivity index (χ0) is 65.5. The molecule has 5 spiro atoms. The van der Waals surface area contributed by atoms with Crippen molar-refractivity contribution >= 4 is 53.4 Å². The lowest BCUT2D eigenvalue weighted by atomic mass is 9.59. The van der Waals surface area contributed by atoms with E-state index in [0.717, 1.165) is 149 Å². The first kappa shape index (κ1) is 72.4. The quantitative estimate of drug-likeness (QED) is 0.145. The van der Waals surface area contributed by atoms with E-state index in [1.165, 1.54) is 103 Å². The summed E-state index contributed by atoms with van der Waals surface area (Å²) in [6, 6.07) is 0.903. The minimum Gasteiger partial charge on any atom is -0.478 e. The molecular weight excluding hydrogens is 1170 g/mol. The standard InChI is InChI=1S/C15H22N2O2.C15H26N2O.C15H28N2.C15H21NO2.C13H16O3.C3H8.ClH/c1-17(2)14(18)11-4-3-7-15(9-11)12-6-5-10(8-12)13(15)16-19;1-17(2)14(18)11-4-3-7-15(9-11)12-6-5-10(8-12)13(15)16;1-17(2)10-11-4-3-7-15(9-11)13-6-5-12(8-13)14(15)16;1-16(2)14(18)11-4-3-7-15(9-11)12-6-5-10(8-12)13(15)17;14-11-8-3-4-10(6-8)13(11)5-1-2-9(7-13)12(15)16;1-3-2;/h4,10,12,19H,3,5-9H2,1-2H3;10-13H,3-9,16H2,1-2H3;11-14H,3-10,16H2,1-2H3;4,10,12H,3,5-9H2,1-2H3;2,8,10H,1,3-7H2,(H,15,16);3H2,1-2H3;1H/b16-13-;;;;;;/t10-,12+,15-;10-,11?,12+,13-,15-;11?,12-,13+,14-,15-;10-,12+,15-;8-,10+,13-;;/m11111../s1. The monoisotopic (exact) mass is 1300 g/mol. The molecule has 15 aliphatic rings. The normalized spacial score (nSPS) is 41.1. The number of likely N-dealkylation sites (N-methyl/N-ethyl adjacent to an activating group) is 2. The van der Waals surface area contributed by atoms with Gasteiger partial charge in [0.05, 0.1) is 5.71 Å². The van der Waals surface area contributed by atoms with Crippen LogP contribution in [0.1, 0.15) is 226 Å². The van der Waals surface area contributed by atoms with Crippen LogP contribution in [-0.4, -0.2) is 146 Å². The number of carboxylic acid groups (broad SMARTS) is 1. The molecule has 12 fully saturated rings. The third-order valence-electron chi connectivity index (χ3n) is 27.5. The summed E-state index contributed by atoms with van der Waals surface area (Å²) in [5.41, 5.74) is 16.8. The van der Waals surface area contributed by atoms with Crippen LogP contribution in [0, 0.1) is 98.1 Å². The number of halogens is 1. The number of ketones is 2. The van der Waals surface area contributed by atoms with Crippen LogP contribution in [0.3, 0.4) is 0 Å². The summed E-state index contributed by atoms with van der Waals surface area (Å²) in [6.07, 6.45) is 43.4. The number of Topliss-reactive ketones (excluding diaryl/α,β-unsaturated/α-hetero) is 2. The smallest absolute Gasteiger partial charge is 0.331 e. The van der Waals surface area contributed by atoms with Crippen molar-refractivity contribution < 1.29 is 39.1 Å². The van der Waals surface area contributed by atoms with Crippen molar-refractivity contribution in [3.8, 4) is 0 Å². The van der Waals surface area contributed by atoms with E-state index in [1.54, 1.807) is 49.0 Å². The van der Waals surface area contributed by atoms with Crippen LogP contribution in [0.5, 0.6) is 0 Å². The van der Waals surface area contributed by atoms with E-state index < -0.39 is 5.97 Å². The van der Waals surface area contributed by atoms with Gasteiger partial charge in [0.2, 0.25) is 17.7 Å². The van der Waals surface area contributed by atoms with Crippen molar-refractivity contribution in [3.05, 3.63) is 34.9 Å². The van der Waals surface area contributed by atoms with Crippen LogP contribution in [0.2, 0.25) is 0 Å². The highest BCUT2D eigenvalue weighted by atomic mass is 35.5. The topological polar surface area (TPSA) is 220 Å². The second kappa shape index (κ2) is 29.4. The molecule has 16 heteroatoms. The van der Waals surface area contributed by atoms with Crippen LogP contribution in [0.15, 0.2) is 40.1 Å². The summed E-state index contributed by atoms with van der Waals surface area (Å²) in [4.78, 5) is 79.8. The van der Waals surface area contributed by atoms with Gasteiger partial charge in [0.25, 0.3) is 0 Å². The zero-order valence-electron chi connectivity index (χ0n) is 58.5. The summed E-state index contributed by atoms with van der Waals surface area (Å²) >= 11 is 0. The van der Waals surface area contributed by atoms with Gasteiger partial charge in [0, 0.05) is 118 Å². The van der Waals surface area contributed by atoms with Gasteiger partial charge in [-0.15, -0.1) is 12.4 Å². The first-order valence-electron chi connectivity index (χ1n) is 36.8. The van der Waals surface area contributed by atoms with Gasteiger partial charge in [-0.25, -0.2) is 4.79 Å². The zero-order valence-corrected chi connectivity index (χ0v) is 59.3. The molecule has 0 aromatic rings. The fourth-order valence-corrected chi connectivity index (χ4v) is 23.6. The Hall–Kier alpha value is -3.92. The third-order valence-corrected chi connectivity index (χ3v) is 27.5. The molecule has 0 heterocycles. The highest BCUT2D eigenvalue weighted by Gasteiger charge is 2.62. The maximum Gasteiger partial charge on any atom is 0.331 e. The minimum absolute atomic E-state index is 0. The number of carboxylic acids is 1. The Morgan fingerprint density at radius 2 is 0.935 bits per heavy atom. The first-order valence-corrected chi connectivity index (χ1v) is 36.8. The van der Waals surface area contributed by atoms with Crippen LogP contribution in [0.4, 0.5) is 0 Å². The van der Waals surface area contributed by atoms with Crippen LogP contribution >= 0.6 is 12.4 Å². The summed E-state index contributed by atoms with van der Waals surface area (Å²) in [7, 11) is 15.3. The molecule has 19 atom stereocenters. The molecule has 2 unspecified atom stereocenters. The molecule has 3 amide bonds. The van der Waals surface area contributed by atoms with Crippen LogP contribution in [-0.2, 0) is 28.8 Å². The molecule has 15 nitrogen and oxygen atoms in total. The predicted molar refractivity (Wildman–Crippen MR) is 367 cm³/mol. The number of hydrogen-bond acceptors (Lipinski definition) is 11. The maximum absolute atomic E-state index is 12.5. The second-order valence-electron chi connectivity index (χ2n) is 33.4. The Bertz CT molecular complexity index is 2820. The fourth-order valence-electron chi connectivity index (χ4n) is 23.6. The average molecular weight is 1300 g/mol. The van der Waals surface area contributed by atoms with Gasteiger partial charge in [0.1, 0.15) is 11.6 Å². The Kier molecular flexibility index (Phi) is 23.1. The largest absolute Gasteiger partial charge is 0.478 e. The minimum atomic E-state index is -0.838. The molecule has 0 aromatic carbocycles. The number of amides is 3. The summed E-state index contributed by atoms with van der Waals surface area (Å²) in [5.74, 6) is 7.73. The molecule has 6 N–H and O–H groups in total. The van der Waals surface area contributed by atoms with E-state index in [2.05, 4.69) is 44.1 Å². The van der Waals surface area contributed by atoms with Gasteiger partial charge in [-0.05, 0) is 265 Å². The number of nitrogens with two attached hydrogens (primary N) is 2. The fraction of sp³-hybridized carbons (Fsp3) is 0.829. The Morgan fingerprint density at radius 1 is 0.522 bits per heavy atom. The lowest BCUT2D eigenvalue weighted by molar-refractivity contribution is -0.137. The highest BCUT2D eigenvalue weighted by molar-refractivity contribution is 6.00. The molecule has 92 heavy (non-hydrogen) atoms. The SMILES string of the molecule is CCC.CN(C)C(=O)C1=CCC[C@]2(C1)/C(=N\O)[C@@H]1CC[C@H]2C1.CN(C)C(=O)C1=CCC[C@]2(C1)C(=O)[C@@H]1CC[C@H]2C1.CN(C)C(=O)C1CCC[C@@]2(C1)[C@H]1CC[C@H](C1)[C@H]2N.CN(C)CC1CCC[C@@]2(C1)[C@H]1CC[C@H](C1)[C@H]2N.Cl.O=C(O)C1=CCC[C@]2(C1)C(=O)[C@@H]1CC[C@H]2C1. The number of rotatable bonds is 6. The average Bonchev–Trinajstić information content (AvgIpc) is 1.61. The first-order chi connectivity index (χ1) is 43.3. The lowest BCUT2D eigenvalue weighted by Crippen LogP contribution is -2.50. The van der Waals surface area contributed by atoms with Gasteiger partial charge in [-0.2, -0.15) is 0 Å². The predicted octanol–water partition coefficient (Wildman–Crippen LogP) is 13.1. The van der Waals surface area contributed by atoms with Crippen molar-refractivity contribution in [3.63, 3.8) is 0 Å². The van der Waals surface area contributed by atoms with Crippen molar-refractivity contribution in [2.24, 2.45) is 115 Å². The van der Waals surface area contributed by atoms with Crippen LogP contribution < -0.4 is 11.5 Å². The van der Waals surface area contributed by atoms with Crippen molar-refractivity contribution in [2.45, 2.75) is 238 Å². The van der Waals surface area contributed by atoms with E-state index in [-0.39, 0.29) is 52.3 Å². The van der Waals surface area contributed by atoms with E-state index in [9.17, 15) is 34.0 Å². The summed E-state index contributed by atoms with van der Waals surface area (Å²) < 4.78 is 0. The number of hydrogen-bond donors (Lipinski definition) is 4. The molecule has 10 bridgehead atoms. The van der Waals surface area contributed by atoms with Crippen molar-refractivity contribution in [1.82, 2.24) is 19.6 Å². The summed E-state index contributed by atoms with van der Waals surface area (Å²) in [6.45, 7) is 5.52. The summed E-state index contributed by atoms with van der Waals surface area (Å²) in [5, 5.41) is 22.1. The molecule has 15 rings (SSSR count). The van der Waals surface area contributed by atoms with E-state index in [0.29, 0.717) is 88.4 Å². The van der Waals surface area contributed by atoms with Crippen LogP contribution in [0.25, 0.3) is 0 Å².